The van der Waals surface area contributed by atoms with E-state index in [1.807, 2.05) is 7.05 Å². The second-order valence-corrected chi connectivity index (χ2v) is 5.00. The Morgan fingerprint density at radius 1 is 1.47 bits per heavy atom. The maximum Gasteiger partial charge on any atom is 0.116 e. The molecule has 3 heteroatoms. The van der Waals surface area contributed by atoms with Crippen molar-refractivity contribution in [2.24, 2.45) is 0 Å². The van der Waals surface area contributed by atoms with Gasteiger partial charge in [-0.25, -0.2) is 4.98 Å². The van der Waals surface area contributed by atoms with Crippen LogP contribution in [0, 0.1) is 6.92 Å². The number of rotatable bonds is 3. The predicted molar refractivity (Wildman–Crippen MR) is 69.3 cm³/mol. The minimum atomic E-state index is 0.686. The Bertz CT molecular complexity index is 538. The number of aryl methyl sites for hydroxylation is 1. The molecule has 1 saturated carbocycles. The van der Waals surface area contributed by atoms with Gasteiger partial charge in [-0.1, -0.05) is 6.42 Å². The van der Waals surface area contributed by atoms with E-state index in [0.29, 0.717) is 5.92 Å². The van der Waals surface area contributed by atoms with E-state index in [1.54, 1.807) is 0 Å². The summed E-state index contributed by atoms with van der Waals surface area (Å²) in [4.78, 5) is 4.76. The van der Waals surface area contributed by atoms with Crippen LogP contribution >= 0.6 is 0 Å². The number of fused-ring (bicyclic) bond motifs is 1. The summed E-state index contributed by atoms with van der Waals surface area (Å²) in [7, 11) is 1.98. The number of pyridine rings is 1. The maximum absolute atomic E-state index is 4.76. The summed E-state index contributed by atoms with van der Waals surface area (Å²) in [5.74, 6) is 1.95. The smallest absolute Gasteiger partial charge is 0.116 e. The molecule has 2 heterocycles. The van der Waals surface area contributed by atoms with Crippen LogP contribution < -0.4 is 5.32 Å². The molecule has 17 heavy (non-hydrogen) atoms. The van der Waals surface area contributed by atoms with Crippen LogP contribution in [0.25, 0.3) is 5.52 Å². The number of nitrogens with one attached hydrogen (secondary N) is 1. The summed E-state index contributed by atoms with van der Waals surface area (Å²) >= 11 is 0. The van der Waals surface area contributed by atoms with Gasteiger partial charge in [0.2, 0.25) is 0 Å². The molecular formula is C14H19N3. The summed E-state index contributed by atoms with van der Waals surface area (Å²) < 4.78 is 2.28. The molecular weight excluding hydrogens is 210 g/mol. The van der Waals surface area contributed by atoms with Crippen molar-refractivity contribution in [3.8, 4) is 0 Å². The number of nitrogens with zero attached hydrogens (tertiary/aromatic N) is 2. The van der Waals surface area contributed by atoms with E-state index in [4.69, 9.17) is 4.98 Å². The van der Waals surface area contributed by atoms with Gasteiger partial charge in [0.1, 0.15) is 5.82 Å². The number of hydrogen-bond acceptors (Lipinski definition) is 2. The third kappa shape index (κ3) is 1.75. The van der Waals surface area contributed by atoms with Crippen molar-refractivity contribution in [3.63, 3.8) is 0 Å². The van der Waals surface area contributed by atoms with Crippen molar-refractivity contribution in [1.82, 2.24) is 14.7 Å². The molecule has 1 aliphatic rings. The molecule has 1 fully saturated rings. The standard InChI is InChI=1S/C14H19N3/c1-10-13-8-11(9-15-2)6-7-17(13)14(16-10)12-4-3-5-12/h6-8,12,15H,3-5,9H2,1-2H3. The van der Waals surface area contributed by atoms with Crippen molar-refractivity contribution in [1.29, 1.82) is 0 Å². The maximum atomic E-state index is 4.76. The SMILES string of the molecule is CNCc1ccn2c(C3CCC3)nc(C)c2c1. The first-order chi connectivity index (χ1) is 8.29. The van der Waals surface area contributed by atoms with Crippen molar-refractivity contribution in [3.05, 3.63) is 35.4 Å². The van der Waals surface area contributed by atoms with E-state index in [0.717, 1.165) is 12.2 Å². The van der Waals surface area contributed by atoms with E-state index in [2.05, 4.69) is 35.0 Å². The summed E-state index contributed by atoms with van der Waals surface area (Å²) in [5, 5.41) is 3.19. The third-order valence-electron chi connectivity index (χ3n) is 3.77. The highest BCUT2D eigenvalue weighted by Gasteiger charge is 2.24. The van der Waals surface area contributed by atoms with Gasteiger partial charge in [0.25, 0.3) is 0 Å². The highest BCUT2D eigenvalue weighted by atomic mass is 15.0. The number of aromatic nitrogens is 2. The van der Waals surface area contributed by atoms with E-state index < -0.39 is 0 Å². The van der Waals surface area contributed by atoms with Crippen molar-refractivity contribution < 1.29 is 0 Å². The van der Waals surface area contributed by atoms with Gasteiger partial charge in [0.05, 0.1) is 11.2 Å². The highest BCUT2D eigenvalue weighted by molar-refractivity contribution is 5.55. The van der Waals surface area contributed by atoms with Gasteiger partial charge in [-0.2, -0.15) is 0 Å². The minimum Gasteiger partial charge on any atom is -0.316 e. The lowest BCUT2D eigenvalue weighted by molar-refractivity contribution is 0.400. The van der Waals surface area contributed by atoms with Gasteiger partial charge in [-0.3, -0.25) is 0 Å². The van der Waals surface area contributed by atoms with Gasteiger partial charge >= 0.3 is 0 Å². The summed E-state index contributed by atoms with van der Waals surface area (Å²) in [6, 6.07) is 4.44. The normalized spacial score (nSPS) is 16.4. The van der Waals surface area contributed by atoms with Crippen molar-refractivity contribution in [2.75, 3.05) is 7.05 Å². The van der Waals surface area contributed by atoms with Crippen LogP contribution in [0.4, 0.5) is 0 Å². The van der Waals surface area contributed by atoms with Crippen LogP contribution in [0.15, 0.2) is 18.3 Å². The van der Waals surface area contributed by atoms with Crippen LogP contribution in [0.1, 0.15) is 42.3 Å². The molecule has 90 valence electrons. The fraction of sp³-hybridized carbons (Fsp3) is 0.500. The third-order valence-corrected chi connectivity index (χ3v) is 3.77. The average molecular weight is 229 g/mol. The monoisotopic (exact) mass is 229 g/mol. The second kappa shape index (κ2) is 4.15. The topological polar surface area (TPSA) is 29.3 Å². The van der Waals surface area contributed by atoms with Crippen LogP contribution in [0.2, 0.25) is 0 Å². The molecule has 0 bridgehead atoms. The van der Waals surface area contributed by atoms with Crippen LogP contribution in [0.3, 0.4) is 0 Å². The van der Waals surface area contributed by atoms with Gasteiger partial charge in [-0.15, -0.1) is 0 Å². The lowest BCUT2D eigenvalue weighted by Crippen LogP contribution is -2.12. The molecule has 0 radical (unpaired) electrons. The molecule has 0 amide bonds. The number of hydrogen-bond donors (Lipinski definition) is 1. The highest BCUT2D eigenvalue weighted by Crippen LogP contribution is 2.36. The molecule has 3 nitrogen and oxygen atoms in total. The minimum absolute atomic E-state index is 0.686. The molecule has 1 N–H and O–H groups in total. The zero-order valence-electron chi connectivity index (χ0n) is 10.5. The Morgan fingerprint density at radius 3 is 2.94 bits per heavy atom. The van der Waals surface area contributed by atoms with Crippen LogP contribution in [-0.4, -0.2) is 16.4 Å². The molecule has 2 aromatic heterocycles. The molecule has 2 aromatic rings. The Balaban J connectivity index is 2.08. The lowest BCUT2D eigenvalue weighted by Gasteiger charge is -2.24. The summed E-state index contributed by atoms with van der Waals surface area (Å²) in [6.45, 7) is 3.03. The molecule has 1 aliphatic carbocycles. The zero-order chi connectivity index (χ0) is 11.8. The van der Waals surface area contributed by atoms with Gasteiger partial charge in [-0.05, 0) is 44.5 Å². The fourth-order valence-electron chi connectivity index (χ4n) is 2.57. The molecule has 0 aliphatic heterocycles. The molecule has 0 spiro atoms. The van der Waals surface area contributed by atoms with E-state index in [1.165, 1.54) is 36.2 Å². The Morgan fingerprint density at radius 2 is 2.29 bits per heavy atom. The molecule has 0 unspecified atom stereocenters. The van der Waals surface area contributed by atoms with E-state index >= 15 is 0 Å². The zero-order valence-corrected chi connectivity index (χ0v) is 10.5. The van der Waals surface area contributed by atoms with Gasteiger partial charge in [0.15, 0.2) is 0 Å². The Labute approximate surface area is 102 Å². The Kier molecular flexibility index (Phi) is 2.63. The molecule has 0 saturated heterocycles. The summed E-state index contributed by atoms with van der Waals surface area (Å²) in [5.41, 5.74) is 3.74. The Hall–Kier alpha value is -1.35. The first-order valence-electron chi connectivity index (χ1n) is 6.41. The van der Waals surface area contributed by atoms with Gasteiger partial charge in [0, 0.05) is 18.7 Å². The van der Waals surface area contributed by atoms with Crippen LogP contribution in [0.5, 0.6) is 0 Å². The van der Waals surface area contributed by atoms with Crippen molar-refractivity contribution >= 4 is 5.52 Å². The number of imidazole rings is 1. The van der Waals surface area contributed by atoms with Crippen LogP contribution in [-0.2, 0) is 6.54 Å². The van der Waals surface area contributed by atoms with E-state index in [9.17, 15) is 0 Å². The van der Waals surface area contributed by atoms with Crippen molar-refractivity contribution in [2.45, 2.75) is 38.6 Å². The lowest BCUT2D eigenvalue weighted by atomic mass is 9.85. The van der Waals surface area contributed by atoms with Gasteiger partial charge < -0.3 is 9.72 Å². The largest absolute Gasteiger partial charge is 0.316 e. The average Bonchev–Trinajstić information content (AvgIpc) is 2.55. The summed E-state index contributed by atoms with van der Waals surface area (Å²) in [6.07, 6.45) is 6.14. The fourth-order valence-corrected chi connectivity index (χ4v) is 2.57. The molecule has 0 aromatic carbocycles. The first kappa shape index (κ1) is 10.8. The molecule has 0 atom stereocenters. The first-order valence-corrected chi connectivity index (χ1v) is 6.41. The quantitative estimate of drug-likeness (QED) is 0.876. The predicted octanol–water partition coefficient (Wildman–Crippen LogP) is 2.63. The molecule has 3 rings (SSSR count). The van der Waals surface area contributed by atoms with E-state index in [-0.39, 0.29) is 0 Å². The second-order valence-electron chi connectivity index (χ2n) is 5.00.